The molecule has 0 unspecified atom stereocenters. The van der Waals surface area contributed by atoms with Crippen LogP contribution in [0.4, 0.5) is 0 Å². The van der Waals surface area contributed by atoms with Gasteiger partial charge in [0.05, 0.1) is 24.1 Å². The number of carbonyl (C=O) groups excluding carboxylic acids is 1. The lowest BCUT2D eigenvalue weighted by Gasteiger charge is -2.45. The molecule has 1 N–H and O–H groups in total. The minimum atomic E-state index is -0.224. The van der Waals surface area contributed by atoms with E-state index in [9.17, 15) is 9.59 Å². The molecular weight excluding hydrogens is 380 g/mol. The van der Waals surface area contributed by atoms with Gasteiger partial charge in [0.15, 0.2) is 0 Å². The number of nitrogens with one attached hydrogen (secondary N) is 1. The SMILES string of the molecule is COCCN(C[C@H]1CCCN2CCCC[C@H]12)C(=O)Cc1n[nH]c(=O)c2ccccc12. The van der Waals surface area contributed by atoms with Gasteiger partial charge in [-0.25, -0.2) is 5.10 Å². The van der Waals surface area contributed by atoms with Gasteiger partial charge in [0, 0.05) is 31.6 Å². The highest BCUT2D eigenvalue weighted by atomic mass is 16.5. The summed E-state index contributed by atoms with van der Waals surface area (Å²) >= 11 is 0. The second-order valence-corrected chi connectivity index (χ2v) is 8.56. The van der Waals surface area contributed by atoms with E-state index in [2.05, 4.69) is 15.1 Å². The van der Waals surface area contributed by atoms with Crippen molar-refractivity contribution in [3.63, 3.8) is 0 Å². The summed E-state index contributed by atoms with van der Waals surface area (Å²) < 4.78 is 5.29. The Labute approximate surface area is 177 Å². The monoisotopic (exact) mass is 412 g/mol. The Kier molecular flexibility index (Phi) is 6.79. The second-order valence-electron chi connectivity index (χ2n) is 8.56. The van der Waals surface area contributed by atoms with Crippen LogP contribution in [-0.4, -0.2) is 71.8 Å². The van der Waals surface area contributed by atoms with Crippen molar-refractivity contribution in [3.8, 4) is 0 Å². The standard InChI is InChI=1S/C23H32N4O3/c1-30-14-13-27(16-17-7-6-12-26-11-5-4-10-21(17)26)22(28)15-20-18-8-2-3-9-19(18)23(29)25-24-20/h2-3,8-9,17,21H,4-7,10-16H2,1H3,(H,25,29)/t17-,21-/m1/s1. The predicted octanol–water partition coefficient (Wildman–Crippen LogP) is 2.21. The van der Waals surface area contributed by atoms with Gasteiger partial charge in [-0.15, -0.1) is 0 Å². The van der Waals surface area contributed by atoms with Gasteiger partial charge >= 0.3 is 0 Å². The molecule has 4 rings (SSSR count). The first kappa shape index (κ1) is 21.0. The van der Waals surface area contributed by atoms with E-state index >= 15 is 0 Å². The number of hydrogen-bond acceptors (Lipinski definition) is 5. The summed E-state index contributed by atoms with van der Waals surface area (Å²) in [6, 6.07) is 7.93. The molecule has 3 heterocycles. The average molecular weight is 413 g/mol. The van der Waals surface area contributed by atoms with Crippen LogP contribution in [0.25, 0.3) is 10.8 Å². The highest BCUT2D eigenvalue weighted by molar-refractivity contribution is 5.88. The van der Waals surface area contributed by atoms with Crippen LogP contribution in [0.2, 0.25) is 0 Å². The zero-order valence-corrected chi connectivity index (χ0v) is 17.8. The van der Waals surface area contributed by atoms with E-state index in [-0.39, 0.29) is 17.9 Å². The first-order valence-electron chi connectivity index (χ1n) is 11.1. The number of amides is 1. The van der Waals surface area contributed by atoms with E-state index in [1.54, 1.807) is 13.2 Å². The number of aromatic nitrogens is 2. The molecule has 7 heteroatoms. The van der Waals surface area contributed by atoms with Crippen molar-refractivity contribution in [2.45, 2.75) is 44.6 Å². The van der Waals surface area contributed by atoms with Crippen LogP contribution >= 0.6 is 0 Å². The van der Waals surface area contributed by atoms with E-state index in [0.717, 1.165) is 11.9 Å². The van der Waals surface area contributed by atoms with E-state index in [0.29, 0.717) is 36.2 Å². The Balaban J connectivity index is 1.51. The fraction of sp³-hybridized carbons (Fsp3) is 0.609. The number of rotatable bonds is 7. The minimum Gasteiger partial charge on any atom is -0.383 e. The van der Waals surface area contributed by atoms with Gasteiger partial charge in [-0.2, -0.15) is 5.10 Å². The van der Waals surface area contributed by atoms with Crippen LogP contribution in [-0.2, 0) is 16.0 Å². The molecule has 7 nitrogen and oxygen atoms in total. The maximum atomic E-state index is 13.3. The highest BCUT2D eigenvalue weighted by Gasteiger charge is 2.34. The molecule has 1 aromatic heterocycles. The van der Waals surface area contributed by atoms with E-state index in [1.807, 2.05) is 23.1 Å². The van der Waals surface area contributed by atoms with E-state index in [4.69, 9.17) is 4.74 Å². The number of benzene rings is 1. The molecule has 0 saturated carbocycles. The van der Waals surface area contributed by atoms with Crippen LogP contribution < -0.4 is 5.56 Å². The van der Waals surface area contributed by atoms with E-state index < -0.39 is 0 Å². The molecule has 0 spiro atoms. The third-order valence-corrected chi connectivity index (χ3v) is 6.70. The van der Waals surface area contributed by atoms with Gasteiger partial charge in [0.2, 0.25) is 5.91 Å². The van der Waals surface area contributed by atoms with Gasteiger partial charge in [-0.1, -0.05) is 24.6 Å². The van der Waals surface area contributed by atoms with E-state index in [1.165, 1.54) is 45.2 Å². The van der Waals surface area contributed by atoms with Crippen molar-refractivity contribution < 1.29 is 9.53 Å². The zero-order valence-electron chi connectivity index (χ0n) is 17.8. The number of ether oxygens (including phenoxy) is 1. The largest absolute Gasteiger partial charge is 0.383 e. The number of methoxy groups -OCH3 is 1. The van der Waals surface area contributed by atoms with Gasteiger partial charge in [0.25, 0.3) is 5.56 Å². The maximum Gasteiger partial charge on any atom is 0.272 e. The molecule has 2 saturated heterocycles. The van der Waals surface area contributed by atoms with Gasteiger partial charge in [-0.3, -0.25) is 9.59 Å². The molecule has 2 aromatic rings. The summed E-state index contributed by atoms with van der Waals surface area (Å²) in [5.41, 5.74) is 0.401. The summed E-state index contributed by atoms with van der Waals surface area (Å²) in [6.45, 7) is 4.26. The molecule has 0 aliphatic carbocycles. The lowest BCUT2D eigenvalue weighted by Crippen LogP contribution is -2.52. The normalized spacial score (nSPS) is 22.0. The quantitative estimate of drug-likeness (QED) is 0.754. The predicted molar refractivity (Wildman–Crippen MR) is 116 cm³/mol. The maximum absolute atomic E-state index is 13.3. The van der Waals surface area contributed by atoms with Crippen molar-refractivity contribution in [1.29, 1.82) is 0 Å². The summed E-state index contributed by atoms with van der Waals surface area (Å²) in [5, 5.41) is 8.06. The Morgan fingerprint density at radius 3 is 2.83 bits per heavy atom. The zero-order chi connectivity index (χ0) is 20.9. The molecule has 2 aliphatic heterocycles. The number of piperidine rings is 2. The third-order valence-electron chi connectivity index (χ3n) is 6.70. The topological polar surface area (TPSA) is 78.5 Å². The lowest BCUT2D eigenvalue weighted by atomic mass is 9.83. The number of H-pyrrole nitrogens is 1. The Morgan fingerprint density at radius 2 is 2.00 bits per heavy atom. The lowest BCUT2D eigenvalue weighted by molar-refractivity contribution is -0.132. The molecule has 1 amide bonds. The number of aromatic amines is 1. The smallest absolute Gasteiger partial charge is 0.272 e. The highest BCUT2D eigenvalue weighted by Crippen LogP contribution is 2.31. The van der Waals surface area contributed by atoms with Crippen LogP contribution in [0, 0.1) is 5.92 Å². The van der Waals surface area contributed by atoms with Crippen molar-refractivity contribution in [1.82, 2.24) is 20.0 Å². The summed E-state index contributed by atoms with van der Waals surface area (Å²) in [7, 11) is 1.67. The third kappa shape index (κ3) is 4.57. The first-order chi connectivity index (χ1) is 14.7. The molecule has 2 fully saturated rings. The molecule has 162 valence electrons. The number of carbonyl (C=O) groups is 1. The minimum absolute atomic E-state index is 0.0460. The molecule has 2 aliphatic rings. The number of hydrogen-bond donors (Lipinski definition) is 1. The average Bonchev–Trinajstić information content (AvgIpc) is 2.78. The summed E-state index contributed by atoms with van der Waals surface area (Å²) in [4.78, 5) is 29.9. The molecule has 30 heavy (non-hydrogen) atoms. The Bertz CT molecular complexity index is 926. The molecule has 1 aromatic carbocycles. The van der Waals surface area contributed by atoms with Crippen LogP contribution in [0.15, 0.2) is 29.1 Å². The van der Waals surface area contributed by atoms with Crippen LogP contribution in [0.5, 0.6) is 0 Å². The first-order valence-corrected chi connectivity index (χ1v) is 11.1. The summed E-state index contributed by atoms with van der Waals surface area (Å²) in [6.07, 6.45) is 6.39. The Hall–Kier alpha value is -2.25. The molecule has 0 bridgehead atoms. The van der Waals surface area contributed by atoms with Crippen molar-refractivity contribution in [2.24, 2.45) is 5.92 Å². The fourth-order valence-electron chi connectivity index (χ4n) is 5.15. The van der Waals surface area contributed by atoms with Gasteiger partial charge < -0.3 is 14.5 Å². The molecular formula is C23H32N4O3. The van der Waals surface area contributed by atoms with Crippen molar-refractivity contribution in [3.05, 3.63) is 40.3 Å². The van der Waals surface area contributed by atoms with Gasteiger partial charge in [-0.05, 0) is 50.8 Å². The summed E-state index contributed by atoms with van der Waals surface area (Å²) in [5.74, 6) is 0.560. The fourth-order valence-corrected chi connectivity index (χ4v) is 5.15. The van der Waals surface area contributed by atoms with Crippen molar-refractivity contribution in [2.75, 3.05) is 39.9 Å². The second kappa shape index (κ2) is 9.71. The number of nitrogens with zero attached hydrogens (tertiary/aromatic N) is 3. The number of fused-ring (bicyclic) bond motifs is 2. The van der Waals surface area contributed by atoms with Crippen LogP contribution in [0.3, 0.4) is 0 Å². The molecule has 0 radical (unpaired) electrons. The van der Waals surface area contributed by atoms with Gasteiger partial charge in [0.1, 0.15) is 0 Å². The Morgan fingerprint density at radius 1 is 1.20 bits per heavy atom. The molecule has 2 atom stereocenters. The van der Waals surface area contributed by atoms with Crippen LogP contribution in [0.1, 0.15) is 37.8 Å². The van der Waals surface area contributed by atoms with Crippen molar-refractivity contribution >= 4 is 16.7 Å².